The number of amides is 1. The van der Waals surface area contributed by atoms with E-state index in [9.17, 15) is 35.1 Å². The molecular formula is C15H12N4O7. The number of benzene rings is 2. The van der Waals surface area contributed by atoms with Crippen LogP contribution in [0.4, 0.5) is 22.7 Å². The molecule has 0 aliphatic rings. The van der Waals surface area contributed by atoms with Crippen LogP contribution >= 0.6 is 0 Å². The Balaban J connectivity index is 2.47. The molecule has 1 N–H and O–H groups in total. The van der Waals surface area contributed by atoms with E-state index in [-0.39, 0.29) is 22.5 Å². The van der Waals surface area contributed by atoms with Crippen LogP contribution in [-0.2, 0) is 0 Å². The average Bonchev–Trinajstić information content (AvgIpc) is 2.55. The highest BCUT2D eigenvalue weighted by atomic mass is 16.6. The zero-order valence-corrected chi connectivity index (χ0v) is 13.6. The monoisotopic (exact) mass is 360 g/mol. The van der Waals surface area contributed by atoms with Crippen LogP contribution in [0.5, 0.6) is 0 Å². The van der Waals surface area contributed by atoms with E-state index in [4.69, 9.17) is 0 Å². The molecule has 0 saturated carbocycles. The second-order valence-corrected chi connectivity index (χ2v) is 5.36. The minimum atomic E-state index is -0.854. The maximum atomic E-state index is 12.4. The fraction of sp³-hybridized carbons (Fsp3) is 0.133. The summed E-state index contributed by atoms with van der Waals surface area (Å²) in [4.78, 5) is 43.1. The summed E-state index contributed by atoms with van der Waals surface area (Å²) in [6.07, 6.45) is 0. The number of anilines is 1. The summed E-state index contributed by atoms with van der Waals surface area (Å²) in [5.74, 6) is -0.854. The number of aryl methyl sites for hydroxylation is 1. The number of carbonyl (C=O) groups excluding carboxylic acids is 1. The highest BCUT2D eigenvalue weighted by molar-refractivity contribution is 6.06. The average molecular weight is 360 g/mol. The van der Waals surface area contributed by atoms with Crippen molar-refractivity contribution < 1.29 is 19.6 Å². The highest BCUT2D eigenvalue weighted by Gasteiger charge is 2.25. The molecular weight excluding hydrogens is 348 g/mol. The molecule has 0 saturated heterocycles. The Kier molecular flexibility index (Phi) is 4.91. The molecule has 2 aromatic rings. The van der Waals surface area contributed by atoms with Gasteiger partial charge in [0.1, 0.15) is 0 Å². The Bertz CT molecular complexity index is 955. The fourth-order valence-corrected chi connectivity index (χ4v) is 2.30. The van der Waals surface area contributed by atoms with Crippen molar-refractivity contribution in [1.29, 1.82) is 0 Å². The molecule has 0 heterocycles. The van der Waals surface area contributed by atoms with Gasteiger partial charge >= 0.3 is 0 Å². The summed E-state index contributed by atoms with van der Waals surface area (Å²) in [5.41, 5.74) is -1.25. The van der Waals surface area contributed by atoms with Gasteiger partial charge in [-0.25, -0.2) is 0 Å². The van der Waals surface area contributed by atoms with Crippen molar-refractivity contribution >= 4 is 28.7 Å². The molecule has 0 bridgehead atoms. The highest BCUT2D eigenvalue weighted by Crippen LogP contribution is 2.29. The van der Waals surface area contributed by atoms with Crippen molar-refractivity contribution in [2.75, 3.05) is 5.32 Å². The maximum Gasteiger partial charge on any atom is 0.279 e. The minimum absolute atomic E-state index is 0.0558. The number of nitrogens with zero attached hydrogens (tertiary/aromatic N) is 3. The molecule has 1 amide bonds. The van der Waals surface area contributed by atoms with Gasteiger partial charge in [-0.1, -0.05) is 6.07 Å². The predicted molar refractivity (Wildman–Crippen MR) is 90.3 cm³/mol. The lowest BCUT2D eigenvalue weighted by molar-refractivity contribution is -0.394. The number of nitro groups is 3. The zero-order chi connectivity index (χ0) is 19.6. The molecule has 0 spiro atoms. The SMILES string of the molecule is Cc1ccc(NC(=O)c2cc([N+](=O)[O-])cc([N+](=O)[O-])c2C)cc1[N+](=O)[O-]. The first kappa shape index (κ1) is 18.4. The van der Waals surface area contributed by atoms with Crippen molar-refractivity contribution in [1.82, 2.24) is 0 Å². The van der Waals surface area contributed by atoms with E-state index in [1.54, 1.807) is 0 Å². The normalized spacial score (nSPS) is 10.2. The smallest absolute Gasteiger partial charge is 0.279 e. The van der Waals surface area contributed by atoms with Gasteiger partial charge in [0.25, 0.3) is 23.0 Å². The van der Waals surface area contributed by atoms with Gasteiger partial charge in [-0.15, -0.1) is 0 Å². The molecule has 0 aromatic heterocycles. The Morgan fingerprint density at radius 3 is 2.04 bits per heavy atom. The standard InChI is InChI=1S/C15H12N4O7/c1-8-3-4-10(5-13(8)18(23)24)16-15(20)12-6-11(17(21)22)7-14(9(12)2)19(25)26/h3-7H,1-2H3,(H,16,20). The van der Waals surface area contributed by atoms with E-state index in [0.717, 1.165) is 18.2 Å². The summed E-state index contributed by atoms with van der Waals surface area (Å²) in [5, 5.41) is 35.3. The van der Waals surface area contributed by atoms with Crippen molar-refractivity contribution in [2.45, 2.75) is 13.8 Å². The molecule has 134 valence electrons. The van der Waals surface area contributed by atoms with Gasteiger partial charge in [0.15, 0.2) is 0 Å². The Labute approximate surface area is 145 Å². The van der Waals surface area contributed by atoms with Gasteiger partial charge in [0.2, 0.25) is 0 Å². The molecule has 0 radical (unpaired) electrons. The van der Waals surface area contributed by atoms with Crippen molar-refractivity contribution in [3.05, 3.63) is 77.4 Å². The van der Waals surface area contributed by atoms with Gasteiger partial charge in [-0.3, -0.25) is 35.1 Å². The van der Waals surface area contributed by atoms with Crippen LogP contribution in [0.25, 0.3) is 0 Å². The van der Waals surface area contributed by atoms with Gasteiger partial charge < -0.3 is 5.32 Å². The first-order chi connectivity index (χ1) is 12.1. The molecule has 26 heavy (non-hydrogen) atoms. The van der Waals surface area contributed by atoms with E-state index < -0.39 is 32.1 Å². The third-order valence-electron chi connectivity index (χ3n) is 3.68. The van der Waals surface area contributed by atoms with Crippen LogP contribution in [0, 0.1) is 44.2 Å². The molecule has 0 aliphatic carbocycles. The maximum absolute atomic E-state index is 12.4. The van der Waals surface area contributed by atoms with E-state index >= 15 is 0 Å². The Morgan fingerprint density at radius 1 is 0.885 bits per heavy atom. The second-order valence-electron chi connectivity index (χ2n) is 5.36. The molecule has 0 aliphatic heterocycles. The van der Waals surface area contributed by atoms with Gasteiger partial charge in [0, 0.05) is 28.9 Å². The van der Waals surface area contributed by atoms with Crippen LogP contribution in [-0.4, -0.2) is 20.7 Å². The minimum Gasteiger partial charge on any atom is -0.322 e. The molecule has 11 heteroatoms. The first-order valence-electron chi connectivity index (χ1n) is 7.11. The lowest BCUT2D eigenvalue weighted by Gasteiger charge is -2.09. The number of nitrogens with one attached hydrogen (secondary N) is 1. The second kappa shape index (κ2) is 6.93. The third-order valence-corrected chi connectivity index (χ3v) is 3.68. The summed E-state index contributed by atoms with van der Waals surface area (Å²) >= 11 is 0. The van der Waals surface area contributed by atoms with Crippen LogP contribution in [0.15, 0.2) is 30.3 Å². The first-order valence-corrected chi connectivity index (χ1v) is 7.11. The number of nitro benzene ring substituents is 3. The third kappa shape index (κ3) is 3.61. The number of carbonyl (C=O) groups is 1. The lowest BCUT2D eigenvalue weighted by atomic mass is 10.0. The Hall–Kier alpha value is -3.89. The summed E-state index contributed by atoms with van der Waals surface area (Å²) in [7, 11) is 0. The number of rotatable bonds is 5. The number of hydrogen-bond donors (Lipinski definition) is 1. The fourth-order valence-electron chi connectivity index (χ4n) is 2.30. The van der Waals surface area contributed by atoms with Gasteiger partial charge in [-0.2, -0.15) is 0 Å². The van der Waals surface area contributed by atoms with E-state index in [2.05, 4.69) is 5.32 Å². The summed E-state index contributed by atoms with van der Waals surface area (Å²) in [6.45, 7) is 2.81. The molecule has 11 nitrogen and oxygen atoms in total. The van der Waals surface area contributed by atoms with Gasteiger partial charge in [-0.05, 0) is 19.9 Å². The van der Waals surface area contributed by atoms with Crippen LogP contribution in [0.3, 0.4) is 0 Å². The van der Waals surface area contributed by atoms with Crippen LogP contribution in [0.1, 0.15) is 21.5 Å². The van der Waals surface area contributed by atoms with Crippen LogP contribution < -0.4 is 5.32 Å². The summed E-state index contributed by atoms with van der Waals surface area (Å²) in [6, 6.07) is 5.66. The molecule has 0 atom stereocenters. The number of hydrogen-bond acceptors (Lipinski definition) is 7. The van der Waals surface area contributed by atoms with Crippen LogP contribution in [0.2, 0.25) is 0 Å². The molecule has 2 rings (SSSR count). The molecule has 0 fully saturated rings. The predicted octanol–water partition coefficient (Wildman–Crippen LogP) is 3.28. The molecule has 2 aromatic carbocycles. The Morgan fingerprint density at radius 2 is 1.50 bits per heavy atom. The van der Waals surface area contributed by atoms with Crippen molar-refractivity contribution in [3.8, 4) is 0 Å². The molecule has 0 unspecified atom stereocenters. The topological polar surface area (TPSA) is 159 Å². The largest absolute Gasteiger partial charge is 0.322 e. The summed E-state index contributed by atoms with van der Waals surface area (Å²) < 4.78 is 0. The van der Waals surface area contributed by atoms with Gasteiger partial charge in [0.05, 0.1) is 26.4 Å². The van der Waals surface area contributed by atoms with E-state index in [0.29, 0.717) is 5.56 Å². The van der Waals surface area contributed by atoms with Crippen molar-refractivity contribution in [3.63, 3.8) is 0 Å². The zero-order valence-electron chi connectivity index (χ0n) is 13.6. The van der Waals surface area contributed by atoms with E-state index in [1.165, 1.54) is 26.0 Å². The quantitative estimate of drug-likeness (QED) is 0.632. The van der Waals surface area contributed by atoms with E-state index in [1.807, 2.05) is 0 Å². The van der Waals surface area contributed by atoms with Crippen molar-refractivity contribution in [2.24, 2.45) is 0 Å². The lowest BCUT2D eigenvalue weighted by Crippen LogP contribution is -2.15. The number of non-ortho nitro benzene ring substituents is 1.